The van der Waals surface area contributed by atoms with E-state index in [9.17, 15) is 29.1 Å². The van der Waals surface area contributed by atoms with Crippen molar-refractivity contribution in [3.05, 3.63) is 0 Å². The van der Waals surface area contributed by atoms with Gasteiger partial charge in [-0.1, -0.05) is 20.3 Å². The fraction of sp³-hybridized carbons (Fsp3) is 0.688. The van der Waals surface area contributed by atoms with E-state index in [4.69, 9.17) is 16.6 Å². The Morgan fingerprint density at radius 1 is 0.929 bits per heavy atom. The number of rotatable bonds is 12. The van der Waals surface area contributed by atoms with Crippen LogP contribution in [-0.4, -0.2) is 70.6 Å². The van der Waals surface area contributed by atoms with Crippen molar-refractivity contribution in [2.24, 2.45) is 17.4 Å². The van der Waals surface area contributed by atoms with Gasteiger partial charge in [-0.05, 0) is 12.8 Å². The van der Waals surface area contributed by atoms with Crippen LogP contribution in [0.5, 0.6) is 0 Å². The van der Waals surface area contributed by atoms with Crippen LogP contribution in [0.2, 0.25) is 0 Å². The Labute approximate surface area is 162 Å². The molecule has 0 spiro atoms. The molecule has 0 radical (unpaired) electrons. The third-order valence-electron chi connectivity index (χ3n) is 4.04. The molecule has 0 saturated carbocycles. The molecule has 4 amide bonds. The lowest BCUT2D eigenvalue weighted by Gasteiger charge is -2.26. The van der Waals surface area contributed by atoms with E-state index in [1.165, 1.54) is 6.92 Å². The number of nitrogens with one attached hydrogen (secondary N) is 3. The molecular formula is C16H29N5O7. The topological polar surface area (TPSA) is 214 Å². The Balaban J connectivity index is 5.23. The summed E-state index contributed by atoms with van der Waals surface area (Å²) in [5.41, 5.74) is 10.4. The first-order chi connectivity index (χ1) is 12.9. The van der Waals surface area contributed by atoms with Crippen LogP contribution >= 0.6 is 0 Å². The van der Waals surface area contributed by atoms with Crippen LogP contribution in [0.1, 0.15) is 33.6 Å². The van der Waals surface area contributed by atoms with Gasteiger partial charge in [-0.3, -0.25) is 19.2 Å². The number of carbonyl (C=O) groups excluding carboxylic acids is 4. The molecule has 0 aliphatic heterocycles. The number of hydrogen-bond donors (Lipinski definition) is 7. The first kappa shape index (κ1) is 25.3. The molecule has 0 aromatic carbocycles. The van der Waals surface area contributed by atoms with Crippen molar-refractivity contribution < 1.29 is 34.2 Å². The van der Waals surface area contributed by atoms with Crippen LogP contribution < -0.4 is 27.4 Å². The van der Waals surface area contributed by atoms with Gasteiger partial charge < -0.3 is 37.6 Å². The van der Waals surface area contributed by atoms with Crippen molar-refractivity contribution in [1.29, 1.82) is 0 Å². The monoisotopic (exact) mass is 403 g/mol. The fourth-order valence-corrected chi connectivity index (χ4v) is 2.12. The molecule has 12 heteroatoms. The number of carbonyl (C=O) groups is 5. The lowest BCUT2D eigenvalue weighted by molar-refractivity contribution is -0.144. The highest BCUT2D eigenvalue weighted by atomic mass is 16.4. The first-order valence-corrected chi connectivity index (χ1v) is 8.73. The lowest BCUT2D eigenvalue weighted by atomic mass is 9.97. The van der Waals surface area contributed by atoms with Crippen molar-refractivity contribution >= 4 is 29.6 Å². The summed E-state index contributed by atoms with van der Waals surface area (Å²) in [5.74, 6) is -5.11. The number of nitrogens with two attached hydrogens (primary N) is 2. The maximum atomic E-state index is 12.5. The molecule has 0 fully saturated rings. The molecule has 160 valence electrons. The minimum Gasteiger partial charge on any atom is -0.480 e. The number of carboxylic acids is 1. The van der Waals surface area contributed by atoms with Crippen LogP contribution in [0.25, 0.3) is 0 Å². The highest BCUT2D eigenvalue weighted by Gasteiger charge is 2.32. The van der Waals surface area contributed by atoms with Gasteiger partial charge in [0.05, 0.1) is 19.1 Å². The average Bonchev–Trinajstić information content (AvgIpc) is 2.61. The van der Waals surface area contributed by atoms with E-state index in [0.717, 1.165) is 0 Å². The zero-order valence-corrected chi connectivity index (χ0v) is 16.1. The van der Waals surface area contributed by atoms with Gasteiger partial charge in [-0.25, -0.2) is 4.79 Å². The summed E-state index contributed by atoms with van der Waals surface area (Å²) in [4.78, 5) is 58.6. The van der Waals surface area contributed by atoms with E-state index in [1.54, 1.807) is 13.8 Å². The standard InChI is InChI=1S/C16H29N5O7/c1-4-7(2)12(21-13(24)8(3)17)15(26)20-10(6-22)14(25)19-9(16(27)28)5-11(18)23/h7-10,12,22H,4-6,17H2,1-3H3,(H2,18,23)(H,19,25)(H,20,26)(H,21,24)(H,27,28)/t7-,8-,9-,10-,12-/m0/s1. The molecule has 0 aliphatic carbocycles. The molecule has 5 atom stereocenters. The summed E-state index contributed by atoms with van der Waals surface area (Å²) in [7, 11) is 0. The van der Waals surface area contributed by atoms with Crippen LogP contribution in [0, 0.1) is 5.92 Å². The zero-order valence-electron chi connectivity index (χ0n) is 16.1. The molecule has 0 bridgehead atoms. The van der Waals surface area contributed by atoms with Crippen LogP contribution in [0.15, 0.2) is 0 Å². The van der Waals surface area contributed by atoms with Gasteiger partial charge in [0.1, 0.15) is 18.1 Å². The Morgan fingerprint density at radius 3 is 1.86 bits per heavy atom. The predicted octanol–water partition coefficient (Wildman–Crippen LogP) is -3.21. The number of hydrogen-bond acceptors (Lipinski definition) is 7. The Hall–Kier alpha value is -2.73. The molecule has 0 unspecified atom stereocenters. The number of primary amides is 1. The second kappa shape index (κ2) is 11.9. The second-order valence-corrected chi connectivity index (χ2v) is 6.47. The van der Waals surface area contributed by atoms with Gasteiger partial charge in [-0.2, -0.15) is 0 Å². The zero-order chi connectivity index (χ0) is 22.0. The molecule has 0 aromatic heterocycles. The largest absolute Gasteiger partial charge is 0.480 e. The predicted molar refractivity (Wildman–Crippen MR) is 97.4 cm³/mol. The average molecular weight is 403 g/mol. The summed E-state index contributed by atoms with van der Waals surface area (Å²) >= 11 is 0. The van der Waals surface area contributed by atoms with E-state index < -0.39 is 66.8 Å². The maximum absolute atomic E-state index is 12.5. The van der Waals surface area contributed by atoms with E-state index in [-0.39, 0.29) is 5.92 Å². The van der Waals surface area contributed by atoms with E-state index in [2.05, 4.69) is 10.6 Å². The van der Waals surface area contributed by atoms with Gasteiger partial charge in [0.15, 0.2) is 0 Å². The van der Waals surface area contributed by atoms with Crippen molar-refractivity contribution in [1.82, 2.24) is 16.0 Å². The summed E-state index contributed by atoms with van der Waals surface area (Å²) < 4.78 is 0. The number of carboxylic acid groups (broad SMARTS) is 1. The van der Waals surface area contributed by atoms with Gasteiger partial charge >= 0.3 is 5.97 Å². The first-order valence-electron chi connectivity index (χ1n) is 8.73. The Morgan fingerprint density at radius 2 is 1.46 bits per heavy atom. The molecule has 0 saturated heterocycles. The third-order valence-corrected chi connectivity index (χ3v) is 4.04. The third kappa shape index (κ3) is 8.31. The maximum Gasteiger partial charge on any atom is 0.326 e. The van der Waals surface area contributed by atoms with E-state index >= 15 is 0 Å². The molecular weight excluding hydrogens is 374 g/mol. The molecule has 28 heavy (non-hydrogen) atoms. The van der Waals surface area contributed by atoms with Crippen LogP contribution in [0.3, 0.4) is 0 Å². The normalized spacial score (nSPS) is 16.0. The van der Waals surface area contributed by atoms with Crippen LogP contribution in [0.4, 0.5) is 0 Å². The minimum atomic E-state index is -1.61. The SMILES string of the molecule is CC[C@H](C)[C@H](NC(=O)[C@H](C)N)C(=O)N[C@@H](CO)C(=O)N[C@@H](CC(N)=O)C(=O)O. The minimum absolute atomic E-state index is 0.313. The van der Waals surface area contributed by atoms with Gasteiger partial charge in [0.2, 0.25) is 23.6 Å². The van der Waals surface area contributed by atoms with Gasteiger partial charge in [0.25, 0.3) is 0 Å². The van der Waals surface area contributed by atoms with Crippen molar-refractivity contribution in [2.45, 2.75) is 57.8 Å². The molecule has 0 heterocycles. The summed E-state index contributed by atoms with van der Waals surface area (Å²) in [6.07, 6.45) is -0.139. The number of amides is 4. The lowest BCUT2D eigenvalue weighted by Crippen LogP contribution is -2.59. The smallest absolute Gasteiger partial charge is 0.326 e. The Bertz CT molecular complexity index is 596. The number of aliphatic hydroxyl groups excluding tert-OH is 1. The number of aliphatic hydroxyl groups is 1. The molecule has 9 N–H and O–H groups in total. The Kier molecular flexibility index (Phi) is 10.7. The highest BCUT2D eigenvalue weighted by molar-refractivity contribution is 5.95. The van der Waals surface area contributed by atoms with E-state index in [1.807, 2.05) is 5.32 Å². The van der Waals surface area contributed by atoms with Crippen molar-refractivity contribution in [3.8, 4) is 0 Å². The quantitative estimate of drug-likeness (QED) is 0.175. The number of aliphatic carboxylic acids is 1. The molecule has 0 aliphatic rings. The summed E-state index contributed by atoms with van der Waals surface area (Å²) in [6, 6.07) is -4.99. The van der Waals surface area contributed by atoms with Crippen LogP contribution in [-0.2, 0) is 24.0 Å². The fourth-order valence-electron chi connectivity index (χ4n) is 2.12. The molecule has 0 rings (SSSR count). The summed E-state index contributed by atoms with van der Waals surface area (Å²) in [6.45, 7) is 4.10. The molecule has 0 aromatic rings. The van der Waals surface area contributed by atoms with Crippen molar-refractivity contribution in [3.63, 3.8) is 0 Å². The summed E-state index contributed by atoms with van der Waals surface area (Å²) in [5, 5.41) is 25.2. The van der Waals surface area contributed by atoms with Crippen molar-refractivity contribution in [2.75, 3.05) is 6.61 Å². The van der Waals surface area contributed by atoms with Gasteiger partial charge in [0, 0.05) is 0 Å². The molecule has 12 nitrogen and oxygen atoms in total. The van der Waals surface area contributed by atoms with Gasteiger partial charge in [-0.15, -0.1) is 0 Å². The second-order valence-electron chi connectivity index (χ2n) is 6.47. The highest BCUT2D eigenvalue weighted by Crippen LogP contribution is 2.09. The van der Waals surface area contributed by atoms with E-state index in [0.29, 0.717) is 6.42 Å².